The summed E-state index contributed by atoms with van der Waals surface area (Å²) in [5.74, 6) is -0.116. The number of amides is 1. The van der Waals surface area contributed by atoms with Gasteiger partial charge in [-0.3, -0.25) is 9.36 Å². The summed E-state index contributed by atoms with van der Waals surface area (Å²) >= 11 is 0. The quantitative estimate of drug-likeness (QED) is 0.724. The van der Waals surface area contributed by atoms with Gasteiger partial charge in [-0.25, -0.2) is 4.79 Å². The second kappa shape index (κ2) is 7.42. The van der Waals surface area contributed by atoms with Crippen molar-refractivity contribution in [2.45, 2.75) is 31.5 Å². The van der Waals surface area contributed by atoms with Gasteiger partial charge in [0.05, 0.1) is 23.0 Å². The summed E-state index contributed by atoms with van der Waals surface area (Å²) < 4.78 is 39.7. The van der Waals surface area contributed by atoms with Gasteiger partial charge >= 0.3 is 11.9 Å². The van der Waals surface area contributed by atoms with Crippen LogP contribution >= 0.6 is 0 Å². The van der Waals surface area contributed by atoms with E-state index in [0.29, 0.717) is 31.5 Å². The number of halogens is 3. The molecule has 8 heteroatoms. The highest BCUT2D eigenvalue weighted by Crippen LogP contribution is 2.29. The summed E-state index contributed by atoms with van der Waals surface area (Å²) in [4.78, 5) is 29.5. The maximum atomic E-state index is 12.7. The van der Waals surface area contributed by atoms with Crippen LogP contribution < -0.4 is 5.69 Å². The molecule has 1 fully saturated rings. The van der Waals surface area contributed by atoms with Crippen molar-refractivity contribution in [2.75, 3.05) is 13.1 Å². The van der Waals surface area contributed by atoms with E-state index in [2.05, 4.69) is 4.98 Å². The Morgan fingerprint density at radius 1 is 1.03 bits per heavy atom. The SMILES string of the molecule is O=C(Cc1ccc(C(F)(F)F)cc1)N1CCC(n2c(=O)[nH]c3ccccc32)CC1. The van der Waals surface area contributed by atoms with Crippen molar-refractivity contribution in [3.05, 3.63) is 70.1 Å². The van der Waals surface area contributed by atoms with Crippen LogP contribution in [0.2, 0.25) is 0 Å². The molecule has 152 valence electrons. The molecule has 0 bridgehead atoms. The fourth-order valence-electron chi connectivity index (χ4n) is 3.91. The summed E-state index contributed by atoms with van der Waals surface area (Å²) in [6.07, 6.45) is -3.01. The van der Waals surface area contributed by atoms with Gasteiger partial charge in [0.1, 0.15) is 0 Å². The zero-order valence-corrected chi connectivity index (χ0v) is 15.6. The first kappa shape index (κ1) is 19.3. The van der Waals surface area contributed by atoms with E-state index < -0.39 is 11.7 Å². The van der Waals surface area contributed by atoms with E-state index in [0.717, 1.165) is 23.2 Å². The number of alkyl halides is 3. The van der Waals surface area contributed by atoms with Crippen LogP contribution in [-0.2, 0) is 17.4 Å². The van der Waals surface area contributed by atoms with Crippen molar-refractivity contribution in [1.29, 1.82) is 0 Å². The Labute approximate surface area is 164 Å². The molecule has 0 atom stereocenters. The monoisotopic (exact) mass is 403 g/mol. The normalized spacial score (nSPS) is 15.8. The summed E-state index contributed by atoms with van der Waals surface area (Å²) in [5, 5.41) is 0. The molecule has 1 aliphatic rings. The number of aromatic nitrogens is 2. The molecule has 0 unspecified atom stereocenters. The van der Waals surface area contributed by atoms with Crippen LogP contribution in [0.3, 0.4) is 0 Å². The van der Waals surface area contributed by atoms with Crippen LogP contribution in [0.15, 0.2) is 53.3 Å². The van der Waals surface area contributed by atoms with Crippen LogP contribution in [-0.4, -0.2) is 33.4 Å². The zero-order valence-electron chi connectivity index (χ0n) is 15.6. The number of imidazole rings is 1. The minimum absolute atomic E-state index is 0.00812. The molecule has 0 spiro atoms. The van der Waals surface area contributed by atoms with Gasteiger partial charge in [-0.15, -0.1) is 0 Å². The van der Waals surface area contributed by atoms with Gasteiger partial charge in [-0.2, -0.15) is 13.2 Å². The molecule has 1 saturated heterocycles. The minimum Gasteiger partial charge on any atom is -0.342 e. The van der Waals surface area contributed by atoms with E-state index in [-0.39, 0.29) is 24.1 Å². The number of para-hydroxylation sites is 2. The number of nitrogens with zero attached hydrogens (tertiary/aromatic N) is 2. The van der Waals surface area contributed by atoms with Crippen molar-refractivity contribution in [1.82, 2.24) is 14.5 Å². The number of piperidine rings is 1. The molecule has 0 saturated carbocycles. The fraction of sp³-hybridized carbons (Fsp3) is 0.333. The lowest BCUT2D eigenvalue weighted by atomic mass is 10.0. The third-order valence-corrected chi connectivity index (χ3v) is 5.44. The summed E-state index contributed by atoms with van der Waals surface area (Å²) in [7, 11) is 0. The van der Waals surface area contributed by atoms with Crippen LogP contribution in [0.25, 0.3) is 11.0 Å². The maximum absolute atomic E-state index is 12.7. The minimum atomic E-state index is -4.38. The molecular weight excluding hydrogens is 383 g/mol. The van der Waals surface area contributed by atoms with E-state index in [1.807, 2.05) is 24.3 Å². The number of fused-ring (bicyclic) bond motifs is 1. The lowest BCUT2D eigenvalue weighted by Crippen LogP contribution is -2.41. The maximum Gasteiger partial charge on any atom is 0.416 e. The van der Waals surface area contributed by atoms with E-state index in [1.165, 1.54) is 12.1 Å². The van der Waals surface area contributed by atoms with Crippen molar-refractivity contribution < 1.29 is 18.0 Å². The number of hydrogen-bond donors (Lipinski definition) is 1. The lowest BCUT2D eigenvalue weighted by Gasteiger charge is -2.32. The summed E-state index contributed by atoms with van der Waals surface area (Å²) in [6.45, 7) is 1.02. The smallest absolute Gasteiger partial charge is 0.342 e. The number of H-pyrrole nitrogens is 1. The fourth-order valence-corrected chi connectivity index (χ4v) is 3.91. The molecule has 1 N–H and O–H groups in total. The molecule has 1 amide bonds. The Hall–Kier alpha value is -3.03. The second-order valence-electron chi connectivity index (χ2n) is 7.30. The molecule has 1 aliphatic heterocycles. The lowest BCUT2D eigenvalue weighted by molar-refractivity contribution is -0.137. The Bertz CT molecular complexity index is 1070. The number of nitrogens with one attached hydrogen (secondary N) is 1. The van der Waals surface area contributed by atoms with Crippen LogP contribution in [0.4, 0.5) is 13.2 Å². The Morgan fingerprint density at radius 2 is 1.69 bits per heavy atom. The molecule has 0 aliphatic carbocycles. The predicted molar refractivity (Wildman–Crippen MR) is 103 cm³/mol. The molecule has 29 heavy (non-hydrogen) atoms. The predicted octanol–water partition coefficient (Wildman–Crippen LogP) is 3.75. The van der Waals surface area contributed by atoms with Crippen LogP contribution in [0.5, 0.6) is 0 Å². The van der Waals surface area contributed by atoms with Gasteiger partial charge in [-0.05, 0) is 42.7 Å². The van der Waals surface area contributed by atoms with Gasteiger partial charge in [0.15, 0.2) is 0 Å². The number of aromatic amines is 1. The van der Waals surface area contributed by atoms with Crippen molar-refractivity contribution >= 4 is 16.9 Å². The zero-order chi connectivity index (χ0) is 20.6. The Morgan fingerprint density at radius 3 is 2.34 bits per heavy atom. The highest BCUT2D eigenvalue weighted by Gasteiger charge is 2.30. The van der Waals surface area contributed by atoms with E-state index in [4.69, 9.17) is 0 Å². The van der Waals surface area contributed by atoms with E-state index in [9.17, 15) is 22.8 Å². The number of hydrogen-bond acceptors (Lipinski definition) is 2. The topological polar surface area (TPSA) is 58.1 Å². The standard InChI is InChI=1S/C21H20F3N3O2/c22-21(23,24)15-7-5-14(6-8-15)13-19(28)26-11-9-16(10-12-26)27-18-4-2-1-3-17(18)25-20(27)29/h1-8,16H,9-13H2,(H,25,29). The first-order valence-electron chi connectivity index (χ1n) is 9.46. The Balaban J connectivity index is 1.40. The summed E-state index contributed by atoms with van der Waals surface area (Å²) in [6, 6.07) is 12.2. The first-order chi connectivity index (χ1) is 13.8. The van der Waals surface area contributed by atoms with Crippen LogP contribution in [0.1, 0.15) is 30.0 Å². The van der Waals surface area contributed by atoms with Crippen LogP contribution in [0, 0.1) is 0 Å². The van der Waals surface area contributed by atoms with Gasteiger partial charge in [-0.1, -0.05) is 24.3 Å². The molecular formula is C21H20F3N3O2. The van der Waals surface area contributed by atoms with Gasteiger partial charge in [0.2, 0.25) is 5.91 Å². The third kappa shape index (κ3) is 3.92. The number of carbonyl (C=O) groups is 1. The first-order valence-corrected chi connectivity index (χ1v) is 9.46. The van der Waals surface area contributed by atoms with Crippen molar-refractivity contribution in [3.63, 3.8) is 0 Å². The number of likely N-dealkylation sites (tertiary alicyclic amines) is 1. The highest BCUT2D eigenvalue weighted by atomic mass is 19.4. The molecule has 0 radical (unpaired) electrons. The van der Waals surface area contributed by atoms with Gasteiger partial charge < -0.3 is 9.88 Å². The van der Waals surface area contributed by atoms with Gasteiger partial charge in [0.25, 0.3) is 0 Å². The molecule has 1 aromatic heterocycles. The average molecular weight is 403 g/mol. The second-order valence-corrected chi connectivity index (χ2v) is 7.30. The van der Waals surface area contributed by atoms with E-state index in [1.54, 1.807) is 9.47 Å². The largest absolute Gasteiger partial charge is 0.416 e. The van der Waals surface area contributed by atoms with Gasteiger partial charge in [0, 0.05) is 19.1 Å². The summed E-state index contributed by atoms with van der Waals surface area (Å²) in [5.41, 5.74) is 1.32. The highest BCUT2D eigenvalue weighted by molar-refractivity contribution is 5.79. The Kier molecular flexibility index (Phi) is 4.94. The average Bonchev–Trinajstić information content (AvgIpc) is 3.03. The number of benzene rings is 2. The molecule has 2 heterocycles. The molecule has 2 aromatic carbocycles. The van der Waals surface area contributed by atoms with E-state index >= 15 is 0 Å². The molecule has 4 rings (SSSR count). The molecule has 5 nitrogen and oxygen atoms in total. The van der Waals surface area contributed by atoms with Crippen molar-refractivity contribution in [3.8, 4) is 0 Å². The number of carbonyl (C=O) groups excluding carboxylic acids is 1. The van der Waals surface area contributed by atoms with Crippen molar-refractivity contribution in [2.24, 2.45) is 0 Å². The third-order valence-electron chi connectivity index (χ3n) is 5.44. The number of rotatable bonds is 3. The molecule has 3 aromatic rings.